The van der Waals surface area contributed by atoms with E-state index in [1.165, 1.54) is 18.3 Å². The standard InChI is InChI=1S/C44H69ClN6O7S/c1-10-12-13-15-21-51(42(55)38(28(5)11-2)49-40(54)35-17-14-16-20-50(35)9)36(27(3)4)24-37(58-29(6)52)41-48-34(26-59-41)39(53)47-31(25-44(7,8)43(56)57)22-30-18-19-33(46)32(45)23-30/h18-19,23,26-28,31,35-38H,10-17,20-22,24-25,46H2,1-9H3,(H,47,53)(H,49,54)(H,56,57)/t28-,31-,35+,36+,37+,38-/m0/s1. The summed E-state index contributed by atoms with van der Waals surface area (Å²) in [4.78, 5) is 75.8. The zero-order chi connectivity index (χ0) is 44.0. The monoisotopic (exact) mass is 860 g/mol. The number of carbonyl (C=O) groups is 5. The highest BCUT2D eigenvalue weighted by atomic mass is 35.5. The summed E-state index contributed by atoms with van der Waals surface area (Å²) in [7, 11) is 1.96. The number of benzene rings is 1. The molecule has 0 bridgehead atoms. The van der Waals surface area contributed by atoms with Crippen LogP contribution in [0.5, 0.6) is 0 Å². The minimum absolute atomic E-state index is 0.0659. The van der Waals surface area contributed by atoms with E-state index in [2.05, 4.69) is 27.4 Å². The normalized spacial score (nSPS) is 17.4. The number of esters is 1. The van der Waals surface area contributed by atoms with Crippen LogP contribution in [0.25, 0.3) is 0 Å². The second-order valence-electron chi connectivity index (χ2n) is 17.3. The Labute approximate surface area is 360 Å². The summed E-state index contributed by atoms with van der Waals surface area (Å²) in [5.74, 6) is -2.51. The molecule has 2 aromatic rings. The number of amides is 3. The van der Waals surface area contributed by atoms with Crippen LogP contribution in [0.15, 0.2) is 23.6 Å². The van der Waals surface area contributed by atoms with Crippen LogP contribution < -0.4 is 16.4 Å². The lowest BCUT2D eigenvalue weighted by Gasteiger charge is -2.40. The number of ether oxygens (including phenoxy) is 1. The number of carbonyl (C=O) groups excluding carboxylic acids is 4. The van der Waals surface area contributed by atoms with E-state index < -0.39 is 47.5 Å². The van der Waals surface area contributed by atoms with Gasteiger partial charge in [-0.25, -0.2) is 4.98 Å². The summed E-state index contributed by atoms with van der Waals surface area (Å²) in [5.41, 5.74) is 6.03. The lowest BCUT2D eigenvalue weighted by atomic mass is 9.84. The second-order valence-corrected chi connectivity index (χ2v) is 18.6. The number of likely N-dealkylation sites (tertiary alicyclic amines) is 1. The average molecular weight is 862 g/mol. The number of aliphatic carboxylic acids is 1. The Kier molecular flexibility index (Phi) is 19.6. The van der Waals surface area contributed by atoms with Gasteiger partial charge in [-0.05, 0) is 89.1 Å². The van der Waals surface area contributed by atoms with Crippen LogP contribution in [-0.2, 0) is 30.3 Å². The fourth-order valence-corrected chi connectivity index (χ4v) is 8.75. The molecule has 1 fully saturated rings. The van der Waals surface area contributed by atoms with Crippen molar-refractivity contribution in [3.63, 3.8) is 0 Å². The third-order valence-electron chi connectivity index (χ3n) is 11.6. The smallest absolute Gasteiger partial charge is 0.309 e. The molecule has 1 aliphatic heterocycles. The fourth-order valence-electron chi connectivity index (χ4n) is 7.70. The summed E-state index contributed by atoms with van der Waals surface area (Å²) >= 11 is 7.46. The van der Waals surface area contributed by atoms with Crippen molar-refractivity contribution in [2.24, 2.45) is 17.3 Å². The number of likely N-dealkylation sites (N-methyl/N-ethyl adjacent to an activating group) is 1. The number of carboxylic acid groups (broad SMARTS) is 1. The number of nitrogens with zero attached hydrogens (tertiary/aromatic N) is 3. The number of aromatic nitrogens is 1. The van der Waals surface area contributed by atoms with Crippen LogP contribution in [0.3, 0.4) is 0 Å². The van der Waals surface area contributed by atoms with Gasteiger partial charge in [0.25, 0.3) is 5.91 Å². The highest BCUT2D eigenvalue weighted by Gasteiger charge is 2.39. The molecule has 0 radical (unpaired) electrons. The van der Waals surface area contributed by atoms with Gasteiger partial charge in [-0.1, -0.05) is 84.4 Å². The molecule has 0 saturated carbocycles. The fraction of sp³-hybridized carbons (Fsp3) is 0.682. The number of hydrogen-bond acceptors (Lipinski definition) is 10. The van der Waals surface area contributed by atoms with Gasteiger partial charge in [-0.15, -0.1) is 11.3 Å². The van der Waals surface area contributed by atoms with Gasteiger partial charge in [-0.2, -0.15) is 0 Å². The lowest BCUT2D eigenvalue weighted by Crippen LogP contribution is -2.59. The largest absolute Gasteiger partial charge is 0.481 e. The highest BCUT2D eigenvalue weighted by molar-refractivity contribution is 7.09. The van der Waals surface area contributed by atoms with Crippen molar-refractivity contribution in [2.45, 2.75) is 156 Å². The molecule has 1 aliphatic rings. The van der Waals surface area contributed by atoms with Gasteiger partial charge < -0.3 is 31.1 Å². The molecule has 13 nitrogen and oxygen atoms in total. The van der Waals surface area contributed by atoms with Crippen LogP contribution in [-0.4, -0.2) is 93.9 Å². The third-order valence-corrected chi connectivity index (χ3v) is 12.8. The molecule has 330 valence electrons. The topological polar surface area (TPSA) is 184 Å². The number of nitrogens with two attached hydrogens (primary N) is 1. The summed E-state index contributed by atoms with van der Waals surface area (Å²) in [6, 6.07) is 3.13. The summed E-state index contributed by atoms with van der Waals surface area (Å²) < 4.78 is 5.92. The Balaban J connectivity index is 1.95. The molecule has 5 N–H and O–H groups in total. The third kappa shape index (κ3) is 14.7. The number of carboxylic acids is 1. The number of nitrogens with one attached hydrogen (secondary N) is 2. The summed E-state index contributed by atoms with van der Waals surface area (Å²) in [6.07, 6.45) is 6.98. The van der Waals surface area contributed by atoms with Crippen molar-refractivity contribution in [3.8, 4) is 0 Å². The average Bonchev–Trinajstić information content (AvgIpc) is 3.67. The summed E-state index contributed by atoms with van der Waals surface area (Å²) in [5, 5.41) is 18.4. The molecule has 2 heterocycles. The number of thiazole rings is 1. The zero-order valence-electron chi connectivity index (χ0n) is 36.6. The first-order valence-corrected chi connectivity index (χ1v) is 22.6. The minimum Gasteiger partial charge on any atom is -0.481 e. The van der Waals surface area contributed by atoms with Crippen molar-refractivity contribution in [1.29, 1.82) is 0 Å². The van der Waals surface area contributed by atoms with E-state index in [0.717, 1.165) is 57.1 Å². The molecule has 3 rings (SSSR count). The molecular weight excluding hydrogens is 792 g/mol. The molecular formula is C44H69ClN6O7S. The lowest BCUT2D eigenvalue weighted by molar-refractivity contribution is -0.150. The number of unbranched alkanes of at least 4 members (excludes halogenated alkanes) is 3. The SMILES string of the molecule is CCCCCCN(C(=O)[C@@H](NC(=O)[C@H]1CCCCN1C)[C@@H](C)CC)[C@H](C[C@@H](OC(C)=O)c1nc(C(=O)N[C@@H](Cc2ccc(N)c(Cl)c2)CC(C)(C)C(=O)O)cs1)C(C)C. The van der Waals surface area contributed by atoms with Crippen LogP contribution in [0.2, 0.25) is 5.02 Å². The molecule has 59 heavy (non-hydrogen) atoms. The van der Waals surface area contributed by atoms with E-state index in [0.29, 0.717) is 35.1 Å². The van der Waals surface area contributed by atoms with Gasteiger partial charge in [0.05, 0.1) is 22.2 Å². The molecule has 3 amide bonds. The van der Waals surface area contributed by atoms with Gasteiger partial charge in [0.1, 0.15) is 16.7 Å². The van der Waals surface area contributed by atoms with Gasteiger partial charge in [-0.3, -0.25) is 28.9 Å². The highest BCUT2D eigenvalue weighted by Crippen LogP contribution is 2.33. The minimum atomic E-state index is -1.15. The Morgan fingerprint density at radius 2 is 1.81 bits per heavy atom. The molecule has 0 spiro atoms. The Bertz CT molecular complexity index is 1720. The van der Waals surface area contributed by atoms with Gasteiger partial charge in [0, 0.05) is 37.4 Å². The molecule has 1 aromatic heterocycles. The van der Waals surface area contributed by atoms with Gasteiger partial charge in [0.15, 0.2) is 6.10 Å². The number of hydrogen-bond donors (Lipinski definition) is 4. The number of nitrogen functional groups attached to an aromatic ring is 1. The van der Waals surface area contributed by atoms with Crippen LogP contribution in [0.1, 0.15) is 147 Å². The second kappa shape index (κ2) is 23.3. The molecule has 1 saturated heterocycles. The Hall–Kier alpha value is -3.75. The maximum Gasteiger partial charge on any atom is 0.309 e. The molecule has 0 aliphatic carbocycles. The number of anilines is 1. The van der Waals surface area contributed by atoms with E-state index in [9.17, 15) is 29.1 Å². The maximum atomic E-state index is 14.9. The predicted molar refractivity (Wildman–Crippen MR) is 234 cm³/mol. The first-order chi connectivity index (χ1) is 27.8. The van der Waals surface area contributed by atoms with Crippen molar-refractivity contribution in [3.05, 3.63) is 44.9 Å². The molecule has 0 unspecified atom stereocenters. The van der Waals surface area contributed by atoms with Crippen LogP contribution in [0.4, 0.5) is 5.69 Å². The first-order valence-electron chi connectivity index (χ1n) is 21.3. The maximum absolute atomic E-state index is 14.9. The predicted octanol–water partition coefficient (Wildman–Crippen LogP) is 7.66. The molecule has 1 aromatic carbocycles. The summed E-state index contributed by atoms with van der Waals surface area (Å²) in [6.45, 7) is 16.0. The van der Waals surface area contributed by atoms with E-state index in [4.69, 9.17) is 22.1 Å². The molecule has 6 atom stereocenters. The van der Waals surface area contributed by atoms with Crippen molar-refractivity contribution >= 4 is 58.3 Å². The van der Waals surface area contributed by atoms with Gasteiger partial charge >= 0.3 is 11.9 Å². The van der Waals surface area contributed by atoms with E-state index in [-0.39, 0.29) is 48.2 Å². The number of rotatable bonds is 23. The van der Waals surface area contributed by atoms with E-state index >= 15 is 0 Å². The van der Waals surface area contributed by atoms with Crippen molar-refractivity contribution in [1.82, 2.24) is 25.4 Å². The number of halogens is 1. The Morgan fingerprint density at radius 1 is 1.10 bits per heavy atom. The van der Waals surface area contributed by atoms with Crippen LogP contribution in [0, 0.1) is 17.3 Å². The molecule has 15 heteroatoms. The number of piperidine rings is 1. The zero-order valence-corrected chi connectivity index (χ0v) is 38.2. The van der Waals surface area contributed by atoms with Crippen molar-refractivity contribution in [2.75, 3.05) is 25.9 Å². The van der Waals surface area contributed by atoms with Gasteiger partial charge in [0.2, 0.25) is 11.8 Å². The van der Waals surface area contributed by atoms with E-state index in [1.807, 2.05) is 39.6 Å². The van der Waals surface area contributed by atoms with Crippen molar-refractivity contribution < 1.29 is 33.8 Å². The quantitative estimate of drug-likeness (QED) is 0.0492. The van der Waals surface area contributed by atoms with Crippen LogP contribution >= 0.6 is 22.9 Å². The van der Waals surface area contributed by atoms with E-state index in [1.54, 1.807) is 37.4 Å². The Morgan fingerprint density at radius 3 is 2.41 bits per heavy atom. The first kappa shape index (κ1) is 49.6.